The van der Waals surface area contributed by atoms with Gasteiger partial charge in [0.15, 0.2) is 0 Å². The maximum absolute atomic E-state index is 5.83. The van der Waals surface area contributed by atoms with Gasteiger partial charge in [-0.15, -0.1) is 11.3 Å². The molecule has 1 aliphatic rings. The summed E-state index contributed by atoms with van der Waals surface area (Å²) in [4.78, 5) is 5.62. The van der Waals surface area contributed by atoms with E-state index in [2.05, 4.69) is 17.2 Å². The minimum atomic E-state index is 0.464. The van der Waals surface area contributed by atoms with E-state index in [9.17, 15) is 0 Å². The number of nitrogens with two attached hydrogens (primary N) is 1. The standard InChI is InChI=1S/C12H21N3S/c1-10-7-15-11(16-10)8-14-6-5-12(9-13)3-2-4-12/h7,14H,2-6,8-9,13H2,1H3. The average molecular weight is 239 g/mol. The lowest BCUT2D eigenvalue weighted by Gasteiger charge is -2.41. The van der Waals surface area contributed by atoms with Crippen molar-refractivity contribution < 1.29 is 0 Å². The predicted molar refractivity (Wildman–Crippen MR) is 68.5 cm³/mol. The van der Waals surface area contributed by atoms with Crippen LogP contribution < -0.4 is 11.1 Å². The smallest absolute Gasteiger partial charge is 0.107 e. The quantitative estimate of drug-likeness (QED) is 0.747. The number of aryl methyl sites for hydroxylation is 1. The van der Waals surface area contributed by atoms with Crippen molar-refractivity contribution in [3.05, 3.63) is 16.1 Å². The minimum absolute atomic E-state index is 0.464. The van der Waals surface area contributed by atoms with Crippen molar-refractivity contribution in [2.75, 3.05) is 13.1 Å². The van der Waals surface area contributed by atoms with E-state index in [0.717, 1.165) is 19.6 Å². The number of hydrogen-bond donors (Lipinski definition) is 2. The Morgan fingerprint density at radius 2 is 2.38 bits per heavy atom. The highest BCUT2D eigenvalue weighted by atomic mass is 32.1. The van der Waals surface area contributed by atoms with Gasteiger partial charge in [0.25, 0.3) is 0 Å². The molecule has 4 heteroatoms. The predicted octanol–water partition coefficient (Wildman–Crippen LogP) is 2.06. The second-order valence-electron chi connectivity index (χ2n) is 4.85. The molecule has 0 atom stereocenters. The third kappa shape index (κ3) is 2.81. The molecule has 0 radical (unpaired) electrons. The van der Waals surface area contributed by atoms with Gasteiger partial charge in [0.1, 0.15) is 5.01 Å². The average Bonchev–Trinajstić information content (AvgIpc) is 2.62. The molecule has 1 saturated carbocycles. The van der Waals surface area contributed by atoms with Crippen LogP contribution in [0.2, 0.25) is 0 Å². The normalized spacial score (nSPS) is 18.4. The highest BCUT2D eigenvalue weighted by molar-refractivity contribution is 7.11. The van der Waals surface area contributed by atoms with E-state index in [1.807, 2.05) is 6.20 Å². The second-order valence-corrected chi connectivity index (χ2v) is 6.17. The summed E-state index contributed by atoms with van der Waals surface area (Å²) in [5, 5.41) is 4.65. The Balaban J connectivity index is 1.65. The summed E-state index contributed by atoms with van der Waals surface area (Å²) in [6.07, 6.45) is 7.16. The Morgan fingerprint density at radius 1 is 1.56 bits per heavy atom. The largest absolute Gasteiger partial charge is 0.330 e. The fourth-order valence-electron chi connectivity index (χ4n) is 2.26. The van der Waals surface area contributed by atoms with Gasteiger partial charge in [-0.3, -0.25) is 0 Å². The number of hydrogen-bond acceptors (Lipinski definition) is 4. The summed E-state index contributed by atoms with van der Waals surface area (Å²) in [7, 11) is 0. The van der Waals surface area contributed by atoms with E-state index in [4.69, 9.17) is 5.73 Å². The van der Waals surface area contributed by atoms with Gasteiger partial charge in [0.05, 0.1) is 0 Å². The number of aromatic nitrogens is 1. The SMILES string of the molecule is Cc1cnc(CNCCC2(CN)CCC2)s1. The Hall–Kier alpha value is -0.450. The van der Waals surface area contributed by atoms with Crippen LogP contribution in [0, 0.1) is 12.3 Å². The zero-order valence-electron chi connectivity index (χ0n) is 9.96. The molecule has 1 aromatic rings. The fourth-order valence-corrected chi connectivity index (χ4v) is 3.02. The third-order valence-electron chi connectivity index (χ3n) is 3.62. The second kappa shape index (κ2) is 5.25. The molecule has 3 N–H and O–H groups in total. The van der Waals surface area contributed by atoms with E-state index < -0.39 is 0 Å². The van der Waals surface area contributed by atoms with Crippen LogP contribution in [0.15, 0.2) is 6.20 Å². The minimum Gasteiger partial charge on any atom is -0.330 e. The molecule has 0 aromatic carbocycles. The summed E-state index contributed by atoms with van der Waals surface area (Å²) >= 11 is 1.77. The molecule has 3 nitrogen and oxygen atoms in total. The fraction of sp³-hybridized carbons (Fsp3) is 0.750. The highest BCUT2D eigenvalue weighted by Gasteiger charge is 2.34. The van der Waals surface area contributed by atoms with Crippen molar-refractivity contribution in [1.29, 1.82) is 0 Å². The van der Waals surface area contributed by atoms with Crippen molar-refractivity contribution in [3.8, 4) is 0 Å². The Morgan fingerprint density at radius 3 is 2.88 bits per heavy atom. The highest BCUT2D eigenvalue weighted by Crippen LogP contribution is 2.42. The first kappa shape index (κ1) is 12.0. The van der Waals surface area contributed by atoms with Gasteiger partial charge >= 0.3 is 0 Å². The summed E-state index contributed by atoms with van der Waals surface area (Å²) in [5.41, 5.74) is 6.29. The molecular formula is C12H21N3S. The Bertz CT molecular complexity index is 325. The first-order chi connectivity index (χ1) is 7.74. The summed E-state index contributed by atoms with van der Waals surface area (Å²) < 4.78 is 0. The zero-order chi connectivity index (χ0) is 11.4. The van der Waals surface area contributed by atoms with Crippen LogP contribution in [0.25, 0.3) is 0 Å². The first-order valence-corrected chi connectivity index (χ1v) is 6.88. The van der Waals surface area contributed by atoms with E-state index in [1.54, 1.807) is 11.3 Å². The molecule has 0 spiro atoms. The zero-order valence-corrected chi connectivity index (χ0v) is 10.8. The topological polar surface area (TPSA) is 50.9 Å². The molecule has 0 aliphatic heterocycles. The van der Waals surface area contributed by atoms with Crippen molar-refractivity contribution in [3.63, 3.8) is 0 Å². The van der Waals surface area contributed by atoms with Crippen LogP contribution in [-0.2, 0) is 6.54 Å². The molecule has 2 rings (SSSR count). The number of nitrogens with one attached hydrogen (secondary N) is 1. The lowest BCUT2D eigenvalue weighted by atomic mass is 9.67. The lowest BCUT2D eigenvalue weighted by molar-refractivity contribution is 0.130. The van der Waals surface area contributed by atoms with E-state index in [1.165, 1.54) is 35.6 Å². The molecule has 0 saturated heterocycles. The van der Waals surface area contributed by atoms with Gasteiger partial charge < -0.3 is 11.1 Å². The summed E-state index contributed by atoms with van der Waals surface area (Å²) in [6, 6.07) is 0. The van der Waals surface area contributed by atoms with Crippen molar-refractivity contribution in [2.24, 2.45) is 11.1 Å². The molecule has 0 bridgehead atoms. The van der Waals surface area contributed by atoms with Crippen LogP contribution in [0.5, 0.6) is 0 Å². The molecular weight excluding hydrogens is 218 g/mol. The van der Waals surface area contributed by atoms with Crippen LogP contribution in [0.4, 0.5) is 0 Å². The van der Waals surface area contributed by atoms with Crippen molar-refractivity contribution in [1.82, 2.24) is 10.3 Å². The molecule has 90 valence electrons. The Labute approximate surface area is 101 Å². The molecule has 0 unspecified atom stereocenters. The Kier molecular flexibility index (Phi) is 3.95. The van der Waals surface area contributed by atoms with E-state index in [0.29, 0.717) is 5.41 Å². The molecule has 0 amide bonds. The van der Waals surface area contributed by atoms with E-state index in [-0.39, 0.29) is 0 Å². The number of thiazole rings is 1. The van der Waals surface area contributed by atoms with Crippen LogP contribution in [0.1, 0.15) is 35.6 Å². The van der Waals surface area contributed by atoms with Crippen molar-refractivity contribution in [2.45, 2.75) is 39.2 Å². The summed E-state index contributed by atoms with van der Waals surface area (Å²) in [5.74, 6) is 0. The third-order valence-corrected chi connectivity index (χ3v) is 4.54. The van der Waals surface area contributed by atoms with Gasteiger partial charge in [-0.2, -0.15) is 0 Å². The van der Waals surface area contributed by atoms with E-state index >= 15 is 0 Å². The molecule has 16 heavy (non-hydrogen) atoms. The van der Waals surface area contributed by atoms with Gasteiger partial charge in [-0.1, -0.05) is 6.42 Å². The van der Waals surface area contributed by atoms with Crippen LogP contribution >= 0.6 is 11.3 Å². The summed E-state index contributed by atoms with van der Waals surface area (Å²) in [6.45, 7) is 4.92. The van der Waals surface area contributed by atoms with Gasteiger partial charge in [0, 0.05) is 17.6 Å². The maximum Gasteiger partial charge on any atom is 0.107 e. The van der Waals surface area contributed by atoms with Gasteiger partial charge in [-0.25, -0.2) is 4.98 Å². The molecule has 1 heterocycles. The number of rotatable bonds is 6. The van der Waals surface area contributed by atoms with Crippen molar-refractivity contribution >= 4 is 11.3 Å². The first-order valence-electron chi connectivity index (χ1n) is 6.06. The number of nitrogens with zero attached hydrogens (tertiary/aromatic N) is 1. The van der Waals surface area contributed by atoms with Gasteiger partial charge in [-0.05, 0) is 44.7 Å². The molecule has 1 aromatic heterocycles. The van der Waals surface area contributed by atoms with Crippen LogP contribution in [-0.4, -0.2) is 18.1 Å². The molecule has 1 aliphatic carbocycles. The van der Waals surface area contributed by atoms with Crippen LogP contribution in [0.3, 0.4) is 0 Å². The molecule has 1 fully saturated rings. The maximum atomic E-state index is 5.83. The monoisotopic (exact) mass is 239 g/mol. The van der Waals surface area contributed by atoms with Gasteiger partial charge in [0.2, 0.25) is 0 Å². The lowest BCUT2D eigenvalue weighted by Crippen LogP contribution is -2.39.